The van der Waals surface area contributed by atoms with Gasteiger partial charge in [-0.3, -0.25) is 0 Å². The van der Waals surface area contributed by atoms with E-state index in [1.54, 1.807) is 0 Å². The number of hydrogen-bond acceptors (Lipinski definition) is 4. The standard InChI is InChI=1S/C26H33ClFN5/c1-17-12-19(13-18(2)24(17)28)16-33-23-15-20(27)14-22(31-10-6-21(29)7-11-31)25(23)30-26(33)32-8-4-3-5-9-32/h12-15,21H,3-11,16,29H2,1-2H3. The lowest BCUT2D eigenvalue weighted by Crippen LogP contribution is -2.39. The molecule has 2 saturated heterocycles. The van der Waals surface area contributed by atoms with Crippen molar-refractivity contribution in [1.82, 2.24) is 9.55 Å². The molecule has 0 aliphatic carbocycles. The Kier molecular flexibility index (Phi) is 6.23. The number of fused-ring (bicyclic) bond motifs is 1. The van der Waals surface area contributed by atoms with E-state index in [0.717, 1.165) is 67.3 Å². The molecule has 33 heavy (non-hydrogen) atoms. The Hall–Kier alpha value is -2.31. The molecule has 0 bridgehead atoms. The van der Waals surface area contributed by atoms with Gasteiger partial charge in [-0.1, -0.05) is 23.7 Å². The van der Waals surface area contributed by atoms with E-state index < -0.39 is 0 Å². The van der Waals surface area contributed by atoms with Crippen molar-refractivity contribution in [3.8, 4) is 0 Å². The first kappa shape index (κ1) is 22.5. The SMILES string of the molecule is Cc1cc(Cn2c(N3CCCCC3)nc3c(N4CCC(N)CC4)cc(Cl)cc32)cc(C)c1F. The number of imidazole rings is 1. The van der Waals surface area contributed by atoms with Crippen LogP contribution < -0.4 is 15.5 Å². The predicted molar refractivity (Wildman–Crippen MR) is 135 cm³/mol. The molecule has 1 aromatic heterocycles. The molecule has 176 valence electrons. The number of anilines is 2. The average molecular weight is 470 g/mol. The predicted octanol–water partition coefficient (Wildman–Crippen LogP) is 5.41. The number of piperidine rings is 2. The van der Waals surface area contributed by atoms with Crippen LogP contribution in [-0.2, 0) is 6.54 Å². The highest BCUT2D eigenvalue weighted by Gasteiger charge is 2.25. The lowest BCUT2D eigenvalue weighted by Gasteiger charge is -2.32. The second-order valence-electron chi connectivity index (χ2n) is 9.71. The summed E-state index contributed by atoms with van der Waals surface area (Å²) >= 11 is 6.66. The van der Waals surface area contributed by atoms with E-state index in [1.807, 2.05) is 38.1 Å². The summed E-state index contributed by atoms with van der Waals surface area (Å²) in [6.07, 6.45) is 5.56. The second-order valence-corrected chi connectivity index (χ2v) is 10.1. The molecule has 7 heteroatoms. The van der Waals surface area contributed by atoms with Crippen LogP contribution in [0.4, 0.5) is 16.0 Å². The summed E-state index contributed by atoms with van der Waals surface area (Å²) in [7, 11) is 0. The van der Waals surface area contributed by atoms with Crippen LogP contribution >= 0.6 is 11.6 Å². The Balaban J connectivity index is 1.64. The molecule has 0 saturated carbocycles. The maximum atomic E-state index is 14.3. The molecule has 2 fully saturated rings. The van der Waals surface area contributed by atoms with Gasteiger partial charge in [0.05, 0.1) is 17.7 Å². The third-order valence-electron chi connectivity index (χ3n) is 7.13. The first-order chi connectivity index (χ1) is 15.9. The molecule has 2 aromatic carbocycles. The van der Waals surface area contributed by atoms with Crippen molar-refractivity contribution >= 4 is 34.3 Å². The van der Waals surface area contributed by atoms with Gasteiger partial charge in [-0.15, -0.1) is 0 Å². The van der Waals surface area contributed by atoms with Gasteiger partial charge >= 0.3 is 0 Å². The highest BCUT2D eigenvalue weighted by Crippen LogP contribution is 2.36. The Morgan fingerprint density at radius 3 is 2.30 bits per heavy atom. The maximum Gasteiger partial charge on any atom is 0.206 e. The van der Waals surface area contributed by atoms with E-state index in [4.69, 9.17) is 22.3 Å². The summed E-state index contributed by atoms with van der Waals surface area (Å²) in [5.74, 6) is 0.862. The number of rotatable bonds is 4. The number of halogens is 2. The van der Waals surface area contributed by atoms with E-state index in [2.05, 4.69) is 14.4 Å². The molecule has 3 aromatic rings. The van der Waals surface area contributed by atoms with Gasteiger partial charge in [0.15, 0.2) is 0 Å². The lowest BCUT2D eigenvalue weighted by molar-refractivity contribution is 0.502. The molecule has 5 rings (SSSR count). The Morgan fingerprint density at radius 1 is 0.970 bits per heavy atom. The van der Waals surface area contributed by atoms with Crippen LogP contribution in [0.2, 0.25) is 5.02 Å². The molecule has 3 heterocycles. The van der Waals surface area contributed by atoms with Crippen LogP contribution in [-0.4, -0.2) is 41.8 Å². The summed E-state index contributed by atoms with van der Waals surface area (Å²) in [4.78, 5) is 9.99. The van der Waals surface area contributed by atoms with Gasteiger partial charge in [-0.05, 0) is 74.8 Å². The molecular formula is C26H33ClFN5. The summed E-state index contributed by atoms with van der Waals surface area (Å²) in [6, 6.07) is 8.24. The van der Waals surface area contributed by atoms with E-state index in [9.17, 15) is 4.39 Å². The third kappa shape index (κ3) is 4.43. The fourth-order valence-corrected chi connectivity index (χ4v) is 5.55. The molecule has 2 N–H and O–H groups in total. The molecular weight excluding hydrogens is 437 g/mol. The highest BCUT2D eigenvalue weighted by atomic mass is 35.5. The second kappa shape index (κ2) is 9.15. The van der Waals surface area contributed by atoms with Gasteiger partial charge < -0.3 is 20.1 Å². The number of nitrogens with zero attached hydrogens (tertiary/aromatic N) is 4. The van der Waals surface area contributed by atoms with E-state index in [1.165, 1.54) is 19.3 Å². The zero-order valence-electron chi connectivity index (χ0n) is 19.6. The van der Waals surface area contributed by atoms with E-state index in [-0.39, 0.29) is 11.9 Å². The first-order valence-corrected chi connectivity index (χ1v) is 12.5. The van der Waals surface area contributed by atoms with E-state index >= 15 is 0 Å². The number of aromatic nitrogens is 2. The molecule has 0 unspecified atom stereocenters. The quantitative estimate of drug-likeness (QED) is 0.555. The van der Waals surface area contributed by atoms with Crippen molar-refractivity contribution in [2.45, 2.75) is 58.5 Å². The number of nitrogens with two attached hydrogens (primary N) is 1. The highest BCUT2D eigenvalue weighted by molar-refractivity contribution is 6.31. The van der Waals surface area contributed by atoms with Crippen molar-refractivity contribution in [2.75, 3.05) is 36.0 Å². The lowest BCUT2D eigenvalue weighted by atomic mass is 10.0. The van der Waals surface area contributed by atoms with Crippen molar-refractivity contribution in [3.05, 3.63) is 51.8 Å². The average Bonchev–Trinajstić information content (AvgIpc) is 3.16. The molecule has 2 aliphatic rings. The van der Waals surface area contributed by atoms with Gasteiger partial charge in [0.1, 0.15) is 11.3 Å². The summed E-state index contributed by atoms with van der Waals surface area (Å²) in [5.41, 5.74) is 11.7. The Labute approximate surface area is 200 Å². The zero-order chi connectivity index (χ0) is 23.1. The number of aryl methyl sites for hydroxylation is 2. The minimum Gasteiger partial charge on any atom is -0.370 e. The largest absolute Gasteiger partial charge is 0.370 e. The van der Waals surface area contributed by atoms with Crippen molar-refractivity contribution in [3.63, 3.8) is 0 Å². The number of benzene rings is 2. The van der Waals surface area contributed by atoms with Crippen LogP contribution in [0.15, 0.2) is 24.3 Å². The first-order valence-electron chi connectivity index (χ1n) is 12.1. The molecule has 2 aliphatic heterocycles. The zero-order valence-corrected chi connectivity index (χ0v) is 20.3. The smallest absolute Gasteiger partial charge is 0.206 e. The number of hydrogen-bond donors (Lipinski definition) is 1. The van der Waals surface area contributed by atoms with Gasteiger partial charge in [0, 0.05) is 37.2 Å². The van der Waals surface area contributed by atoms with Crippen LogP contribution in [0.5, 0.6) is 0 Å². The third-order valence-corrected chi connectivity index (χ3v) is 7.35. The van der Waals surface area contributed by atoms with Crippen molar-refractivity contribution in [2.24, 2.45) is 5.73 Å². The van der Waals surface area contributed by atoms with Crippen molar-refractivity contribution < 1.29 is 4.39 Å². The van der Waals surface area contributed by atoms with Crippen LogP contribution in [0.1, 0.15) is 48.8 Å². The summed E-state index contributed by atoms with van der Waals surface area (Å²) in [5, 5.41) is 0.713. The van der Waals surface area contributed by atoms with Crippen LogP contribution in [0.3, 0.4) is 0 Å². The summed E-state index contributed by atoms with van der Waals surface area (Å²) < 4.78 is 16.6. The molecule has 0 amide bonds. The van der Waals surface area contributed by atoms with Gasteiger partial charge in [-0.2, -0.15) is 0 Å². The van der Waals surface area contributed by atoms with Crippen LogP contribution in [0, 0.1) is 19.7 Å². The van der Waals surface area contributed by atoms with Gasteiger partial charge in [0.2, 0.25) is 5.95 Å². The fraction of sp³-hybridized carbons (Fsp3) is 0.500. The van der Waals surface area contributed by atoms with Crippen molar-refractivity contribution in [1.29, 1.82) is 0 Å². The normalized spacial score (nSPS) is 17.8. The monoisotopic (exact) mass is 469 g/mol. The molecule has 0 radical (unpaired) electrons. The molecule has 0 spiro atoms. The van der Waals surface area contributed by atoms with Crippen LogP contribution in [0.25, 0.3) is 11.0 Å². The Morgan fingerprint density at radius 2 is 1.64 bits per heavy atom. The summed E-state index contributed by atoms with van der Waals surface area (Å²) in [6.45, 7) is 8.14. The maximum absolute atomic E-state index is 14.3. The molecule has 0 atom stereocenters. The molecule has 5 nitrogen and oxygen atoms in total. The van der Waals surface area contributed by atoms with E-state index in [0.29, 0.717) is 22.7 Å². The van der Waals surface area contributed by atoms with Gasteiger partial charge in [-0.25, -0.2) is 9.37 Å². The minimum absolute atomic E-state index is 0.126. The fourth-order valence-electron chi connectivity index (χ4n) is 5.34. The Bertz CT molecular complexity index is 1140. The topological polar surface area (TPSA) is 50.3 Å². The minimum atomic E-state index is -0.126. The van der Waals surface area contributed by atoms with Gasteiger partial charge in [0.25, 0.3) is 0 Å².